The van der Waals surface area contributed by atoms with E-state index in [1.807, 2.05) is 0 Å². The first-order valence-corrected chi connectivity index (χ1v) is 4.43. The van der Waals surface area contributed by atoms with Crippen LogP contribution in [0.5, 0.6) is 0 Å². The molecular weight excluding hydrogens is 228 g/mol. The van der Waals surface area contributed by atoms with Crippen molar-refractivity contribution in [2.24, 2.45) is 5.73 Å². The molecule has 2 N–H and O–H groups in total. The van der Waals surface area contributed by atoms with E-state index in [0.29, 0.717) is 5.56 Å². The number of benzene rings is 1. The molecule has 0 aromatic heterocycles. The van der Waals surface area contributed by atoms with Crippen molar-refractivity contribution < 1.29 is 19.2 Å². The third kappa shape index (κ3) is 4.12. The molecule has 7 heteroatoms. The van der Waals surface area contributed by atoms with Gasteiger partial charge in [0.25, 0.3) is 5.69 Å². The maximum Gasteiger partial charge on any atom is 0.412 e. The molecule has 1 rings (SSSR count). The average molecular weight is 236 g/mol. The van der Waals surface area contributed by atoms with Crippen LogP contribution in [-0.4, -0.2) is 17.0 Å². The fraction of sp³-hybridized carbons (Fsp3) is 0. The minimum absolute atomic E-state index is 0.0538. The van der Waals surface area contributed by atoms with Crippen molar-refractivity contribution in [3.05, 3.63) is 46.0 Å². The number of hydrogen-bond donors (Lipinski definition) is 1. The van der Waals surface area contributed by atoms with E-state index in [-0.39, 0.29) is 5.69 Å². The monoisotopic (exact) mass is 236 g/mol. The summed E-state index contributed by atoms with van der Waals surface area (Å²) in [6.07, 6.45) is 1.14. The minimum Gasteiger partial charge on any atom is -0.373 e. The zero-order valence-corrected chi connectivity index (χ0v) is 8.53. The normalized spacial score (nSPS) is 10.1. The molecule has 0 fully saturated rings. The van der Waals surface area contributed by atoms with Gasteiger partial charge in [0, 0.05) is 18.2 Å². The Morgan fingerprint density at radius 3 is 2.35 bits per heavy atom. The lowest BCUT2D eigenvalue weighted by Crippen LogP contribution is -2.16. The van der Waals surface area contributed by atoms with Gasteiger partial charge < -0.3 is 10.5 Å². The first-order valence-electron chi connectivity index (χ1n) is 4.43. The summed E-state index contributed by atoms with van der Waals surface area (Å²) >= 11 is 0. The van der Waals surface area contributed by atoms with Crippen molar-refractivity contribution >= 4 is 23.8 Å². The standard InChI is InChI=1S/C10H8N2O5/c11-10(14)17-9(13)6-3-7-1-4-8(5-2-7)12(15)16/h1-6H,(H2,11,14)/b6-3+. The second-order valence-electron chi connectivity index (χ2n) is 2.92. The molecule has 0 saturated carbocycles. The molecule has 0 spiro atoms. The van der Waals surface area contributed by atoms with E-state index in [1.165, 1.54) is 30.3 Å². The number of carbonyl (C=O) groups excluding carboxylic acids is 2. The maximum absolute atomic E-state index is 10.9. The number of nitro groups is 1. The molecule has 1 aromatic rings. The molecule has 0 aliphatic carbocycles. The van der Waals surface area contributed by atoms with Gasteiger partial charge in [0.2, 0.25) is 0 Å². The van der Waals surface area contributed by atoms with Crippen LogP contribution in [0.2, 0.25) is 0 Å². The Hall–Kier alpha value is -2.70. The van der Waals surface area contributed by atoms with Gasteiger partial charge in [-0.05, 0) is 23.8 Å². The number of amides is 1. The number of primary amides is 1. The Morgan fingerprint density at radius 2 is 1.88 bits per heavy atom. The number of rotatable bonds is 3. The Morgan fingerprint density at radius 1 is 1.29 bits per heavy atom. The van der Waals surface area contributed by atoms with Crippen molar-refractivity contribution in [1.29, 1.82) is 0 Å². The van der Waals surface area contributed by atoms with Gasteiger partial charge in [-0.25, -0.2) is 9.59 Å². The van der Waals surface area contributed by atoms with E-state index >= 15 is 0 Å². The van der Waals surface area contributed by atoms with Crippen LogP contribution in [0.25, 0.3) is 6.08 Å². The highest BCUT2D eigenvalue weighted by Gasteiger charge is 2.03. The van der Waals surface area contributed by atoms with E-state index in [2.05, 4.69) is 10.5 Å². The van der Waals surface area contributed by atoms with E-state index in [0.717, 1.165) is 6.08 Å². The number of nitro benzene ring substituents is 1. The molecule has 7 nitrogen and oxygen atoms in total. The molecule has 88 valence electrons. The largest absolute Gasteiger partial charge is 0.412 e. The highest BCUT2D eigenvalue weighted by molar-refractivity contribution is 5.93. The summed E-state index contributed by atoms with van der Waals surface area (Å²) in [4.78, 5) is 30.9. The minimum atomic E-state index is -1.19. The molecule has 0 radical (unpaired) electrons. The van der Waals surface area contributed by atoms with Crippen LogP contribution in [-0.2, 0) is 9.53 Å². The lowest BCUT2D eigenvalue weighted by molar-refractivity contribution is -0.384. The van der Waals surface area contributed by atoms with E-state index < -0.39 is 17.0 Å². The summed E-state index contributed by atoms with van der Waals surface area (Å²) < 4.78 is 4.04. The number of esters is 1. The molecule has 0 bridgehead atoms. The summed E-state index contributed by atoms with van der Waals surface area (Å²) in [5.41, 5.74) is 5.12. The molecule has 1 aromatic carbocycles. The molecule has 17 heavy (non-hydrogen) atoms. The maximum atomic E-state index is 10.9. The van der Waals surface area contributed by atoms with Crippen LogP contribution in [0.15, 0.2) is 30.3 Å². The predicted molar refractivity (Wildman–Crippen MR) is 57.8 cm³/mol. The SMILES string of the molecule is NC(=O)OC(=O)/C=C/c1ccc([N+](=O)[O-])cc1. The number of carbonyl (C=O) groups is 2. The topological polar surface area (TPSA) is 113 Å². The fourth-order valence-corrected chi connectivity index (χ4v) is 1.00. The molecule has 0 saturated heterocycles. The van der Waals surface area contributed by atoms with E-state index in [1.54, 1.807) is 0 Å². The van der Waals surface area contributed by atoms with Gasteiger partial charge in [-0.1, -0.05) is 0 Å². The zero-order chi connectivity index (χ0) is 12.8. The molecule has 0 atom stereocenters. The van der Waals surface area contributed by atoms with Gasteiger partial charge in [0.05, 0.1) is 4.92 Å². The number of nitrogens with two attached hydrogens (primary N) is 1. The second-order valence-corrected chi connectivity index (χ2v) is 2.92. The summed E-state index contributed by atoms with van der Waals surface area (Å²) in [5, 5.41) is 10.4. The number of ether oxygens (including phenoxy) is 1. The highest BCUT2D eigenvalue weighted by atomic mass is 16.6. The Kier molecular flexibility index (Phi) is 3.93. The zero-order valence-electron chi connectivity index (χ0n) is 8.53. The summed E-state index contributed by atoms with van der Waals surface area (Å²) in [6.45, 7) is 0. The Labute approximate surface area is 95.6 Å². The van der Waals surface area contributed by atoms with Crippen LogP contribution in [0.1, 0.15) is 5.56 Å². The van der Waals surface area contributed by atoms with Gasteiger partial charge >= 0.3 is 12.1 Å². The first-order chi connectivity index (χ1) is 7.99. The van der Waals surface area contributed by atoms with Gasteiger partial charge in [0.15, 0.2) is 0 Å². The average Bonchev–Trinajstić information content (AvgIpc) is 2.26. The molecule has 0 aliphatic rings. The van der Waals surface area contributed by atoms with Crippen molar-refractivity contribution in [3.63, 3.8) is 0 Å². The fourth-order valence-electron chi connectivity index (χ4n) is 1.00. The smallest absolute Gasteiger partial charge is 0.373 e. The molecular formula is C10H8N2O5. The van der Waals surface area contributed by atoms with Crippen LogP contribution in [0, 0.1) is 10.1 Å². The van der Waals surface area contributed by atoms with Crippen molar-refractivity contribution in [2.75, 3.05) is 0 Å². The van der Waals surface area contributed by atoms with Gasteiger partial charge in [-0.3, -0.25) is 10.1 Å². The third-order valence-corrected chi connectivity index (χ3v) is 1.72. The quantitative estimate of drug-likeness (QED) is 0.279. The first kappa shape index (κ1) is 12.4. The van der Waals surface area contributed by atoms with Crippen molar-refractivity contribution in [1.82, 2.24) is 0 Å². The Balaban J connectivity index is 2.69. The molecule has 0 unspecified atom stereocenters. The number of non-ortho nitro benzene ring substituents is 1. The summed E-state index contributed by atoms with van der Waals surface area (Å²) in [7, 11) is 0. The van der Waals surface area contributed by atoms with Crippen LogP contribution < -0.4 is 5.73 Å². The third-order valence-electron chi connectivity index (χ3n) is 1.72. The van der Waals surface area contributed by atoms with Crippen LogP contribution in [0.4, 0.5) is 10.5 Å². The predicted octanol–water partition coefficient (Wildman–Crippen LogP) is 1.23. The van der Waals surface area contributed by atoms with Crippen molar-refractivity contribution in [3.8, 4) is 0 Å². The second kappa shape index (κ2) is 5.40. The van der Waals surface area contributed by atoms with E-state index in [9.17, 15) is 19.7 Å². The Bertz CT molecular complexity index is 478. The summed E-state index contributed by atoms with van der Waals surface area (Å²) in [5.74, 6) is -0.907. The van der Waals surface area contributed by atoms with Gasteiger partial charge in [-0.2, -0.15) is 0 Å². The summed E-state index contributed by atoms with van der Waals surface area (Å²) in [6, 6.07) is 5.48. The lowest BCUT2D eigenvalue weighted by Gasteiger charge is -1.94. The van der Waals surface area contributed by atoms with Crippen LogP contribution in [0.3, 0.4) is 0 Å². The molecule has 1 amide bonds. The lowest BCUT2D eigenvalue weighted by atomic mass is 10.2. The number of nitrogens with zero attached hydrogens (tertiary/aromatic N) is 1. The van der Waals surface area contributed by atoms with Gasteiger partial charge in [0.1, 0.15) is 0 Å². The van der Waals surface area contributed by atoms with E-state index in [4.69, 9.17) is 0 Å². The molecule has 0 aliphatic heterocycles. The molecule has 0 heterocycles. The highest BCUT2D eigenvalue weighted by Crippen LogP contribution is 2.12. The van der Waals surface area contributed by atoms with Gasteiger partial charge in [-0.15, -0.1) is 0 Å². The number of hydrogen-bond acceptors (Lipinski definition) is 5. The van der Waals surface area contributed by atoms with Crippen molar-refractivity contribution in [2.45, 2.75) is 0 Å². The van der Waals surface area contributed by atoms with Crippen LogP contribution >= 0.6 is 0 Å².